The van der Waals surface area contributed by atoms with E-state index in [4.69, 9.17) is 9.47 Å². The van der Waals surface area contributed by atoms with Crippen LogP contribution in [0.15, 0.2) is 18.2 Å². The molecule has 0 bridgehead atoms. The SMILES string of the molecule is COc1ccc(CCNC(=O)N2CCC[C@@H](NS(C)(=O)=O)C2)cc1OC. The van der Waals surface area contributed by atoms with Crippen molar-refractivity contribution >= 4 is 16.1 Å². The van der Waals surface area contributed by atoms with Gasteiger partial charge in [-0.15, -0.1) is 0 Å². The van der Waals surface area contributed by atoms with Crippen LogP contribution in [0.3, 0.4) is 0 Å². The molecule has 0 unspecified atom stereocenters. The van der Waals surface area contributed by atoms with Gasteiger partial charge in [-0.1, -0.05) is 6.07 Å². The van der Waals surface area contributed by atoms with Crippen molar-refractivity contribution in [1.82, 2.24) is 14.9 Å². The predicted molar refractivity (Wildman–Crippen MR) is 99.2 cm³/mol. The molecule has 2 N–H and O–H groups in total. The highest BCUT2D eigenvalue weighted by molar-refractivity contribution is 7.88. The minimum absolute atomic E-state index is 0.175. The normalized spacial score (nSPS) is 17.7. The molecule has 26 heavy (non-hydrogen) atoms. The second-order valence-electron chi connectivity index (χ2n) is 6.35. The molecule has 2 rings (SSSR count). The number of sulfonamides is 1. The second-order valence-corrected chi connectivity index (χ2v) is 8.13. The van der Waals surface area contributed by atoms with E-state index in [1.807, 2.05) is 18.2 Å². The first-order valence-electron chi connectivity index (χ1n) is 8.53. The summed E-state index contributed by atoms with van der Waals surface area (Å²) in [5.74, 6) is 1.32. The van der Waals surface area contributed by atoms with Crippen molar-refractivity contribution in [3.63, 3.8) is 0 Å². The van der Waals surface area contributed by atoms with Gasteiger partial charge in [-0.25, -0.2) is 17.9 Å². The number of carbonyl (C=O) groups is 1. The zero-order valence-electron chi connectivity index (χ0n) is 15.4. The summed E-state index contributed by atoms with van der Waals surface area (Å²) in [7, 11) is -0.0991. The highest BCUT2D eigenvalue weighted by Crippen LogP contribution is 2.27. The lowest BCUT2D eigenvalue weighted by Crippen LogP contribution is -2.52. The van der Waals surface area contributed by atoms with Crippen LogP contribution in [-0.4, -0.2) is 65.5 Å². The average molecular weight is 385 g/mol. The lowest BCUT2D eigenvalue weighted by molar-refractivity contribution is 0.177. The fraction of sp³-hybridized carbons (Fsp3) is 0.588. The Morgan fingerprint density at radius 1 is 1.27 bits per heavy atom. The summed E-state index contributed by atoms with van der Waals surface area (Å²) in [6.45, 7) is 1.49. The first kappa shape index (κ1) is 20.3. The molecule has 0 spiro atoms. The Bertz CT molecular complexity index is 723. The molecular weight excluding hydrogens is 358 g/mol. The molecule has 1 aliphatic heterocycles. The van der Waals surface area contributed by atoms with E-state index in [0.29, 0.717) is 37.6 Å². The minimum Gasteiger partial charge on any atom is -0.493 e. The van der Waals surface area contributed by atoms with E-state index < -0.39 is 10.0 Å². The number of hydrogen-bond acceptors (Lipinski definition) is 5. The molecule has 9 heteroatoms. The molecule has 0 aromatic heterocycles. The Balaban J connectivity index is 1.83. The number of methoxy groups -OCH3 is 2. The van der Waals surface area contributed by atoms with Crippen molar-refractivity contribution in [3.8, 4) is 11.5 Å². The summed E-state index contributed by atoms with van der Waals surface area (Å²) in [5, 5.41) is 2.89. The summed E-state index contributed by atoms with van der Waals surface area (Å²) >= 11 is 0. The number of ether oxygens (including phenoxy) is 2. The van der Waals surface area contributed by atoms with Crippen LogP contribution in [0, 0.1) is 0 Å². The third kappa shape index (κ3) is 6.06. The third-order valence-corrected chi connectivity index (χ3v) is 4.99. The summed E-state index contributed by atoms with van der Waals surface area (Å²) < 4.78 is 35.8. The summed E-state index contributed by atoms with van der Waals surface area (Å²) in [4.78, 5) is 14.0. The van der Waals surface area contributed by atoms with Crippen LogP contribution in [0.4, 0.5) is 4.79 Å². The number of likely N-dealkylation sites (tertiary alicyclic amines) is 1. The van der Waals surface area contributed by atoms with Crippen molar-refractivity contribution in [2.45, 2.75) is 25.3 Å². The maximum atomic E-state index is 12.3. The standard InChI is InChI=1S/C17H27N3O5S/c1-24-15-7-6-13(11-16(15)25-2)8-9-18-17(21)20-10-4-5-14(12-20)19-26(3,22)23/h6-7,11,14,19H,4-5,8-10,12H2,1-3H3,(H,18,21)/t14-/m1/s1. The maximum Gasteiger partial charge on any atom is 0.317 e. The smallest absolute Gasteiger partial charge is 0.317 e. The molecule has 8 nitrogen and oxygen atoms in total. The topological polar surface area (TPSA) is 97.0 Å². The monoisotopic (exact) mass is 385 g/mol. The summed E-state index contributed by atoms with van der Waals surface area (Å²) in [5.41, 5.74) is 1.03. The lowest BCUT2D eigenvalue weighted by Gasteiger charge is -2.32. The van der Waals surface area contributed by atoms with Crippen molar-refractivity contribution in [2.75, 3.05) is 40.1 Å². The molecule has 0 aliphatic carbocycles. The Hall–Kier alpha value is -2.00. The molecule has 146 valence electrons. The fourth-order valence-corrected chi connectivity index (χ4v) is 3.82. The average Bonchev–Trinajstić information content (AvgIpc) is 2.60. The van der Waals surface area contributed by atoms with Crippen molar-refractivity contribution in [1.29, 1.82) is 0 Å². The zero-order valence-corrected chi connectivity index (χ0v) is 16.3. The molecular formula is C17H27N3O5S. The van der Waals surface area contributed by atoms with Crippen LogP contribution in [0.25, 0.3) is 0 Å². The van der Waals surface area contributed by atoms with Gasteiger partial charge < -0.3 is 19.7 Å². The van der Waals surface area contributed by atoms with E-state index in [1.54, 1.807) is 19.1 Å². The molecule has 1 aliphatic rings. The number of benzene rings is 1. The second kappa shape index (κ2) is 9.09. The number of nitrogens with zero attached hydrogens (tertiary/aromatic N) is 1. The number of rotatable bonds is 7. The molecule has 1 aromatic carbocycles. The Morgan fingerprint density at radius 3 is 2.65 bits per heavy atom. The number of amides is 2. The van der Waals surface area contributed by atoms with E-state index >= 15 is 0 Å². The largest absolute Gasteiger partial charge is 0.493 e. The highest BCUT2D eigenvalue weighted by atomic mass is 32.2. The van der Waals surface area contributed by atoms with E-state index in [2.05, 4.69) is 10.0 Å². The van der Waals surface area contributed by atoms with E-state index in [1.165, 1.54) is 0 Å². The van der Waals surface area contributed by atoms with Crippen LogP contribution < -0.4 is 19.5 Å². The number of carbonyl (C=O) groups excluding carboxylic acids is 1. The molecule has 1 fully saturated rings. The van der Waals surface area contributed by atoms with Crippen LogP contribution in [0.1, 0.15) is 18.4 Å². The number of piperidine rings is 1. The van der Waals surface area contributed by atoms with Gasteiger partial charge in [0.05, 0.1) is 20.5 Å². The first-order chi connectivity index (χ1) is 12.3. The van der Waals surface area contributed by atoms with Gasteiger partial charge in [-0.2, -0.15) is 0 Å². The van der Waals surface area contributed by atoms with Crippen molar-refractivity contribution < 1.29 is 22.7 Å². The Kier molecular flexibility index (Phi) is 7.10. The summed E-state index contributed by atoms with van der Waals surface area (Å²) in [6.07, 6.45) is 3.30. The van der Waals surface area contributed by atoms with Gasteiger partial charge in [0.1, 0.15) is 0 Å². The van der Waals surface area contributed by atoms with Crippen molar-refractivity contribution in [2.24, 2.45) is 0 Å². The molecule has 2 amide bonds. The molecule has 1 saturated heterocycles. The number of urea groups is 1. The Morgan fingerprint density at radius 2 is 2.00 bits per heavy atom. The highest BCUT2D eigenvalue weighted by Gasteiger charge is 2.25. The van der Waals surface area contributed by atoms with Gasteiger partial charge in [-0.3, -0.25) is 0 Å². The van der Waals surface area contributed by atoms with Crippen LogP contribution in [0.2, 0.25) is 0 Å². The zero-order chi connectivity index (χ0) is 19.2. The molecule has 0 saturated carbocycles. The van der Waals surface area contributed by atoms with Crippen LogP contribution >= 0.6 is 0 Å². The van der Waals surface area contributed by atoms with E-state index in [9.17, 15) is 13.2 Å². The first-order valence-corrected chi connectivity index (χ1v) is 10.4. The van der Waals surface area contributed by atoms with Gasteiger partial charge in [0.2, 0.25) is 10.0 Å². The third-order valence-electron chi connectivity index (χ3n) is 4.23. The van der Waals surface area contributed by atoms with Gasteiger partial charge >= 0.3 is 6.03 Å². The van der Waals surface area contributed by atoms with Crippen LogP contribution in [0.5, 0.6) is 11.5 Å². The van der Waals surface area contributed by atoms with E-state index in [-0.39, 0.29) is 12.1 Å². The lowest BCUT2D eigenvalue weighted by atomic mass is 10.1. The molecule has 1 heterocycles. The Labute approximate surface area is 154 Å². The van der Waals surface area contributed by atoms with Gasteiger partial charge in [0.25, 0.3) is 0 Å². The number of nitrogens with one attached hydrogen (secondary N) is 2. The maximum absolute atomic E-state index is 12.3. The molecule has 1 aromatic rings. The minimum atomic E-state index is -3.27. The van der Waals surface area contributed by atoms with Gasteiger partial charge in [-0.05, 0) is 37.0 Å². The van der Waals surface area contributed by atoms with Gasteiger partial charge in [0.15, 0.2) is 11.5 Å². The van der Waals surface area contributed by atoms with Crippen LogP contribution in [-0.2, 0) is 16.4 Å². The van der Waals surface area contributed by atoms with Crippen molar-refractivity contribution in [3.05, 3.63) is 23.8 Å². The fourth-order valence-electron chi connectivity index (χ4n) is 3.02. The number of hydrogen-bond donors (Lipinski definition) is 2. The molecule has 0 radical (unpaired) electrons. The summed E-state index contributed by atoms with van der Waals surface area (Å²) in [6, 6.07) is 5.25. The van der Waals surface area contributed by atoms with Gasteiger partial charge in [0, 0.05) is 25.7 Å². The van der Waals surface area contributed by atoms with E-state index in [0.717, 1.165) is 24.7 Å². The quantitative estimate of drug-likeness (QED) is 0.729. The molecule has 1 atom stereocenters. The predicted octanol–water partition coefficient (Wildman–Crippen LogP) is 0.970.